The molecule has 0 aliphatic rings. The Morgan fingerprint density at radius 3 is 2.51 bits per heavy atom. The lowest BCUT2D eigenvalue weighted by Gasteiger charge is -2.32. The van der Waals surface area contributed by atoms with Gasteiger partial charge in [0.15, 0.2) is 0 Å². The van der Waals surface area contributed by atoms with Gasteiger partial charge in [0.2, 0.25) is 5.91 Å². The summed E-state index contributed by atoms with van der Waals surface area (Å²) in [5.41, 5.74) is 3.36. The van der Waals surface area contributed by atoms with Gasteiger partial charge in [-0.05, 0) is 54.4 Å². The van der Waals surface area contributed by atoms with E-state index in [2.05, 4.69) is 15.6 Å². The molecule has 180 valence electrons. The van der Waals surface area contributed by atoms with Gasteiger partial charge in [0.1, 0.15) is 23.9 Å². The number of nitrogens with zero attached hydrogens (tertiary/aromatic N) is 4. The molecule has 0 radical (unpaired) electrons. The Kier molecular flexibility index (Phi) is 7.47. The van der Waals surface area contributed by atoms with E-state index in [1.54, 1.807) is 0 Å². The van der Waals surface area contributed by atoms with E-state index in [0.717, 1.165) is 11.1 Å². The Morgan fingerprint density at radius 1 is 1.06 bits per heavy atom. The van der Waals surface area contributed by atoms with Gasteiger partial charge in [0, 0.05) is 19.3 Å². The Balaban J connectivity index is 1.69. The topological polar surface area (TPSA) is 89.3 Å². The second kappa shape index (κ2) is 10.9. The summed E-state index contributed by atoms with van der Waals surface area (Å²) in [5.74, 6) is -1.14. The third kappa shape index (κ3) is 5.52. The van der Waals surface area contributed by atoms with Crippen molar-refractivity contribution in [2.24, 2.45) is 0 Å². The minimum absolute atomic E-state index is 0.101. The van der Waals surface area contributed by atoms with Gasteiger partial charge >= 0.3 is 0 Å². The molecule has 1 aromatic heterocycles. The molecule has 0 unspecified atom stereocenters. The van der Waals surface area contributed by atoms with Crippen LogP contribution in [0.1, 0.15) is 17.2 Å². The van der Waals surface area contributed by atoms with E-state index in [4.69, 9.17) is 4.74 Å². The van der Waals surface area contributed by atoms with Crippen molar-refractivity contribution in [3.05, 3.63) is 89.7 Å². The number of methoxy groups -OCH3 is 1. The lowest BCUT2D eigenvalue weighted by atomic mass is 9.98. The normalized spacial score (nSPS) is 11.9. The van der Waals surface area contributed by atoms with E-state index >= 15 is 0 Å². The summed E-state index contributed by atoms with van der Waals surface area (Å²) in [5, 5.41) is 11.1. The van der Waals surface area contributed by atoms with Crippen molar-refractivity contribution in [2.75, 3.05) is 25.6 Å². The second-order valence-corrected chi connectivity index (χ2v) is 8.07. The molecule has 3 aromatic carbocycles. The molecule has 1 N–H and O–H groups in total. The van der Waals surface area contributed by atoms with Crippen LogP contribution in [-0.4, -0.2) is 52.0 Å². The molecule has 35 heavy (non-hydrogen) atoms. The van der Waals surface area contributed by atoms with Crippen LogP contribution in [0.2, 0.25) is 0 Å². The zero-order chi connectivity index (χ0) is 24.8. The van der Waals surface area contributed by atoms with Gasteiger partial charge in [-0.1, -0.05) is 41.6 Å². The van der Waals surface area contributed by atoms with E-state index in [1.807, 2.05) is 55.5 Å². The molecular weight excluding hydrogens is 449 g/mol. The number of aromatic nitrogens is 3. The monoisotopic (exact) mass is 475 g/mol. The minimum Gasteiger partial charge on any atom is -0.383 e. The summed E-state index contributed by atoms with van der Waals surface area (Å²) in [6, 6.07) is 19.3. The maximum absolute atomic E-state index is 13.6. The lowest BCUT2D eigenvalue weighted by Crippen LogP contribution is -2.44. The third-order valence-corrected chi connectivity index (χ3v) is 5.72. The van der Waals surface area contributed by atoms with E-state index in [9.17, 15) is 14.0 Å². The molecule has 0 saturated heterocycles. The molecule has 9 heteroatoms. The summed E-state index contributed by atoms with van der Waals surface area (Å²) in [7, 11) is 1.54. The van der Waals surface area contributed by atoms with Gasteiger partial charge in [0.25, 0.3) is 5.91 Å². The molecule has 0 bridgehead atoms. The van der Waals surface area contributed by atoms with Crippen molar-refractivity contribution in [3.8, 4) is 0 Å². The highest BCUT2D eigenvalue weighted by Crippen LogP contribution is 2.27. The molecule has 0 saturated carbocycles. The molecule has 4 aromatic rings. The molecule has 4 rings (SSSR count). The van der Waals surface area contributed by atoms with Gasteiger partial charge in [0.05, 0.1) is 12.1 Å². The average Bonchev–Trinajstić information content (AvgIpc) is 3.26. The first-order chi connectivity index (χ1) is 17.0. The molecule has 2 amide bonds. The maximum Gasteiger partial charge on any atom is 0.251 e. The van der Waals surface area contributed by atoms with Crippen LogP contribution in [-0.2, 0) is 20.9 Å². The number of ether oxygens (including phenoxy) is 1. The first kappa shape index (κ1) is 24.0. The molecule has 1 heterocycles. The minimum atomic E-state index is -0.946. The zero-order valence-electron chi connectivity index (χ0n) is 19.5. The van der Waals surface area contributed by atoms with Crippen LogP contribution in [0.25, 0.3) is 11.0 Å². The van der Waals surface area contributed by atoms with Gasteiger partial charge in [-0.2, -0.15) is 0 Å². The quantitative estimate of drug-likeness (QED) is 0.398. The number of hydrogen-bond acceptors (Lipinski definition) is 5. The predicted molar refractivity (Wildman–Crippen MR) is 130 cm³/mol. The third-order valence-electron chi connectivity index (χ3n) is 5.72. The number of fused-ring (bicyclic) bond motifs is 1. The van der Waals surface area contributed by atoms with Crippen molar-refractivity contribution in [3.63, 3.8) is 0 Å². The smallest absolute Gasteiger partial charge is 0.251 e. The molecule has 0 spiro atoms. The Labute approximate surface area is 202 Å². The molecular formula is C26H26FN5O3. The number of halogens is 1. The number of amides is 2. The Hall–Kier alpha value is -4.11. The SMILES string of the molecule is COCCN(C(=O)Cn1nnc2ccccc21)[C@@H](C(=O)Nc1ccc(F)cc1)c1ccccc1C. The van der Waals surface area contributed by atoms with Crippen LogP contribution in [0.4, 0.5) is 10.1 Å². The number of carbonyl (C=O) groups excluding carboxylic acids is 2. The van der Waals surface area contributed by atoms with Gasteiger partial charge < -0.3 is 15.0 Å². The Morgan fingerprint density at radius 2 is 1.77 bits per heavy atom. The van der Waals surface area contributed by atoms with E-state index in [1.165, 1.54) is 41.0 Å². The highest BCUT2D eigenvalue weighted by Gasteiger charge is 2.32. The lowest BCUT2D eigenvalue weighted by molar-refractivity contribution is -0.140. The summed E-state index contributed by atoms with van der Waals surface area (Å²) >= 11 is 0. The van der Waals surface area contributed by atoms with E-state index < -0.39 is 17.8 Å². The summed E-state index contributed by atoms with van der Waals surface area (Å²) in [6.07, 6.45) is 0. The standard InChI is InChI=1S/C26H26FN5O3/c1-18-7-3-4-8-21(18)25(26(34)28-20-13-11-19(27)12-14-20)31(15-16-35-2)24(33)17-32-23-10-6-5-9-22(23)29-30-32/h3-14,25H,15-17H2,1-2H3,(H,28,34)/t25-/m1/s1. The van der Waals surface area contributed by atoms with Crippen molar-refractivity contribution in [1.82, 2.24) is 19.9 Å². The van der Waals surface area contributed by atoms with Crippen molar-refractivity contribution >= 4 is 28.5 Å². The van der Waals surface area contributed by atoms with Crippen molar-refractivity contribution < 1.29 is 18.7 Å². The van der Waals surface area contributed by atoms with Gasteiger partial charge in [-0.25, -0.2) is 9.07 Å². The number of benzene rings is 3. The molecule has 0 aliphatic carbocycles. The van der Waals surface area contributed by atoms with Crippen LogP contribution < -0.4 is 5.32 Å². The maximum atomic E-state index is 13.6. The first-order valence-electron chi connectivity index (χ1n) is 11.2. The van der Waals surface area contributed by atoms with Gasteiger partial charge in [-0.3, -0.25) is 9.59 Å². The van der Waals surface area contributed by atoms with E-state index in [-0.39, 0.29) is 25.6 Å². The van der Waals surface area contributed by atoms with Crippen LogP contribution >= 0.6 is 0 Å². The average molecular weight is 476 g/mol. The first-order valence-corrected chi connectivity index (χ1v) is 11.2. The molecule has 1 atom stereocenters. The fourth-order valence-electron chi connectivity index (χ4n) is 3.93. The summed E-state index contributed by atoms with van der Waals surface area (Å²) in [6.45, 7) is 2.20. The number of aryl methyl sites for hydroxylation is 1. The van der Waals surface area contributed by atoms with E-state index in [0.29, 0.717) is 16.8 Å². The second-order valence-electron chi connectivity index (χ2n) is 8.07. The predicted octanol–water partition coefficient (Wildman–Crippen LogP) is 3.73. The van der Waals surface area contributed by atoms with Crippen molar-refractivity contribution in [2.45, 2.75) is 19.5 Å². The highest BCUT2D eigenvalue weighted by atomic mass is 19.1. The fourth-order valence-corrected chi connectivity index (χ4v) is 3.93. The largest absolute Gasteiger partial charge is 0.383 e. The Bertz CT molecular complexity index is 1320. The molecule has 8 nitrogen and oxygen atoms in total. The fraction of sp³-hybridized carbons (Fsp3) is 0.231. The number of carbonyl (C=O) groups is 2. The summed E-state index contributed by atoms with van der Waals surface area (Å²) < 4.78 is 20.1. The number of anilines is 1. The van der Waals surface area contributed by atoms with Crippen LogP contribution in [0.3, 0.4) is 0 Å². The molecule has 0 aliphatic heterocycles. The number of hydrogen-bond donors (Lipinski definition) is 1. The molecule has 0 fully saturated rings. The van der Waals surface area contributed by atoms with Crippen LogP contribution in [0, 0.1) is 12.7 Å². The highest BCUT2D eigenvalue weighted by molar-refractivity contribution is 5.98. The zero-order valence-corrected chi connectivity index (χ0v) is 19.5. The number of rotatable bonds is 9. The van der Waals surface area contributed by atoms with Crippen molar-refractivity contribution in [1.29, 1.82) is 0 Å². The van der Waals surface area contributed by atoms with Gasteiger partial charge in [-0.15, -0.1) is 5.10 Å². The van der Waals surface area contributed by atoms with Crippen LogP contribution in [0.15, 0.2) is 72.8 Å². The number of para-hydroxylation sites is 1. The van der Waals surface area contributed by atoms with Crippen LogP contribution in [0.5, 0.6) is 0 Å². The number of nitrogens with one attached hydrogen (secondary N) is 1. The summed E-state index contributed by atoms with van der Waals surface area (Å²) in [4.78, 5) is 28.7.